The lowest BCUT2D eigenvalue weighted by atomic mass is 10.2. The van der Waals surface area contributed by atoms with Crippen LogP contribution in [0.25, 0.3) is 0 Å². The van der Waals surface area contributed by atoms with Gasteiger partial charge in [-0.1, -0.05) is 12.1 Å². The number of nitrogens with zero attached hydrogens (tertiary/aromatic N) is 2. The summed E-state index contributed by atoms with van der Waals surface area (Å²) in [5.74, 6) is 0.838. The van der Waals surface area contributed by atoms with Gasteiger partial charge in [-0.25, -0.2) is 9.98 Å². The maximum atomic E-state index is 5.05. The number of anilines is 1. The fourth-order valence-electron chi connectivity index (χ4n) is 2.47. The van der Waals surface area contributed by atoms with Gasteiger partial charge >= 0.3 is 0 Å². The predicted octanol–water partition coefficient (Wildman–Crippen LogP) is 3.73. The molecule has 0 aliphatic heterocycles. The summed E-state index contributed by atoms with van der Waals surface area (Å²) in [6.45, 7) is 10.1. The van der Waals surface area contributed by atoms with Crippen LogP contribution < -0.4 is 16.0 Å². The Balaban J connectivity index is 0.00000392. The van der Waals surface area contributed by atoms with Crippen LogP contribution in [-0.4, -0.2) is 44.3 Å². The van der Waals surface area contributed by atoms with Crippen molar-refractivity contribution >= 4 is 47.0 Å². The molecule has 3 N–H and O–H groups in total. The molecule has 0 amide bonds. The first-order chi connectivity index (χ1) is 13.1. The second-order valence-electron chi connectivity index (χ2n) is 6.24. The first-order valence-corrected chi connectivity index (χ1v) is 10.2. The number of aliphatic imine (C=N–C) groups is 1. The predicted molar refractivity (Wildman–Crippen MR) is 130 cm³/mol. The van der Waals surface area contributed by atoms with E-state index < -0.39 is 0 Å². The van der Waals surface area contributed by atoms with E-state index in [0.717, 1.165) is 43.4 Å². The normalized spacial score (nSPS) is 11.1. The number of aryl methyl sites for hydroxylation is 2. The average molecular weight is 517 g/mol. The van der Waals surface area contributed by atoms with Gasteiger partial charge in [-0.2, -0.15) is 0 Å². The van der Waals surface area contributed by atoms with Crippen molar-refractivity contribution in [2.75, 3.05) is 38.7 Å². The molecule has 0 aliphatic carbocycles. The van der Waals surface area contributed by atoms with E-state index in [1.807, 2.05) is 0 Å². The van der Waals surface area contributed by atoms with Crippen LogP contribution in [0.15, 0.2) is 29.3 Å². The van der Waals surface area contributed by atoms with E-state index in [1.54, 1.807) is 18.4 Å². The lowest BCUT2D eigenvalue weighted by Crippen LogP contribution is -2.38. The van der Waals surface area contributed by atoms with E-state index in [0.29, 0.717) is 13.2 Å². The molecule has 0 unspecified atom stereocenters. The van der Waals surface area contributed by atoms with Crippen molar-refractivity contribution in [1.29, 1.82) is 0 Å². The molecule has 1 aromatic heterocycles. The molecule has 0 fully saturated rings. The number of hydrogen-bond donors (Lipinski definition) is 3. The zero-order chi connectivity index (χ0) is 19.5. The number of rotatable bonds is 10. The molecule has 156 valence electrons. The topological polar surface area (TPSA) is 70.6 Å². The average Bonchev–Trinajstić information content (AvgIpc) is 2.98. The molecule has 1 heterocycles. The Morgan fingerprint density at radius 3 is 2.50 bits per heavy atom. The molecule has 28 heavy (non-hydrogen) atoms. The van der Waals surface area contributed by atoms with Crippen molar-refractivity contribution < 1.29 is 4.74 Å². The van der Waals surface area contributed by atoms with Crippen LogP contribution in [0.1, 0.15) is 28.1 Å². The molecular formula is C20H32IN5OS. The Kier molecular flexibility index (Phi) is 12.1. The number of thiazole rings is 1. The minimum absolute atomic E-state index is 0. The minimum atomic E-state index is 0. The molecule has 0 saturated carbocycles. The molecule has 1 aromatic carbocycles. The lowest BCUT2D eigenvalue weighted by Gasteiger charge is -2.11. The second-order valence-corrected chi connectivity index (χ2v) is 7.53. The van der Waals surface area contributed by atoms with Gasteiger partial charge in [0.1, 0.15) is 0 Å². The standard InChI is InChI=1S/C20H31N5OS.HI/c1-5-21-20(23-11-10-19-25-15(2)16(3)27-19)24-14-17-6-8-18(9-7-17)22-12-13-26-4;/h6-9,22H,5,10-14H2,1-4H3,(H2,21,23,24);1H. The summed E-state index contributed by atoms with van der Waals surface area (Å²) in [7, 11) is 1.71. The summed E-state index contributed by atoms with van der Waals surface area (Å²) in [5.41, 5.74) is 3.41. The van der Waals surface area contributed by atoms with Gasteiger partial charge in [0, 0.05) is 43.7 Å². The van der Waals surface area contributed by atoms with Gasteiger partial charge in [0.15, 0.2) is 5.96 Å². The molecule has 0 saturated heterocycles. The maximum Gasteiger partial charge on any atom is 0.191 e. The summed E-state index contributed by atoms with van der Waals surface area (Å²) < 4.78 is 5.05. The fourth-order valence-corrected chi connectivity index (χ4v) is 3.40. The fraction of sp³-hybridized carbons (Fsp3) is 0.500. The van der Waals surface area contributed by atoms with Gasteiger partial charge in [-0.15, -0.1) is 35.3 Å². The van der Waals surface area contributed by atoms with E-state index in [9.17, 15) is 0 Å². The van der Waals surface area contributed by atoms with Crippen molar-refractivity contribution in [2.45, 2.75) is 33.7 Å². The van der Waals surface area contributed by atoms with Gasteiger partial charge in [-0.05, 0) is 38.5 Å². The van der Waals surface area contributed by atoms with Crippen LogP contribution in [0.3, 0.4) is 0 Å². The van der Waals surface area contributed by atoms with E-state index in [2.05, 4.69) is 71.0 Å². The Morgan fingerprint density at radius 1 is 1.14 bits per heavy atom. The number of nitrogens with one attached hydrogen (secondary N) is 3. The molecule has 0 atom stereocenters. The maximum absolute atomic E-state index is 5.05. The van der Waals surface area contributed by atoms with Crippen LogP contribution in [0, 0.1) is 13.8 Å². The van der Waals surface area contributed by atoms with E-state index in [-0.39, 0.29) is 24.0 Å². The molecule has 2 aromatic rings. The second kappa shape index (κ2) is 13.7. The summed E-state index contributed by atoms with van der Waals surface area (Å²) in [6.07, 6.45) is 0.908. The Hall–Kier alpha value is -1.39. The lowest BCUT2D eigenvalue weighted by molar-refractivity contribution is 0.211. The number of halogens is 1. The first-order valence-electron chi connectivity index (χ1n) is 9.39. The van der Waals surface area contributed by atoms with E-state index in [4.69, 9.17) is 4.74 Å². The molecule has 0 aliphatic rings. The molecule has 0 spiro atoms. The molecule has 2 rings (SSSR count). The van der Waals surface area contributed by atoms with Crippen LogP contribution in [0.5, 0.6) is 0 Å². The summed E-state index contributed by atoms with van der Waals surface area (Å²) >= 11 is 1.77. The summed E-state index contributed by atoms with van der Waals surface area (Å²) in [5, 5.41) is 11.2. The SMILES string of the molecule is CCNC(=NCc1ccc(NCCOC)cc1)NCCc1nc(C)c(C)s1.I. The smallest absolute Gasteiger partial charge is 0.191 e. The van der Waals surface area contributed by atoms with E-state index >= 15 is 0 Å². The van der Waals surface area contributed by atoms with Gasteiger partial charge < -0.3 is 20.7 Å². The van der Waals surface area contributed by atoms with Crippen molar-refractivity contribution in [2.24, 2.45) is 4.99 Å². The Morgan fingerprint density at radius 2 is 1.89 bits per heavy atom. The van der Waals surface area contributed by atoms with Gasteiger partial charge in [0.2, 0.25) is 0 Å². The highest BCUT2D eigenvalue weighted by molar-refractivity contribution is 14.0. The van der Waals surface area contributed by atoms with Crippen LogP contribution in [-0.2, 0) is 17.7 Å². The Labute approximate surface area is 189 Å². The van der Waals surface area contributed by atoms with Crippen LogP contribution in [0.2, 0.25) is 0 Å². The van der Waals surface area contributed by atoms with Crippen molar-refractivity contribution in [3.63, 3.8) is 0 Å². The van der Waals surface area contributed by atoms with Crippen LogP contribution in [0.4, 0.5) is 5.69 Å². The van der Waals surface area contributed by atoms with Crippen LogP contribution >= 0.6 is 35.3 Å². The number of ether oxygens (including phenoxy) is 1. The number of methoxy groups -OCH3 is 1. The van der Waals surface area contributed by atoms with Gasteiger partial charge in [-0.3, -0.25) is 0 Å². The largest absolute Gasteiger partial charge is 0.383 e. The third-order valence-electron chi connectivity index (χ3n) is 4.06. The van der Waals surface area contributed by atoms with Crippen molar-refractivity contribution in [3.8, 4) is 0 Å². The monoisotopic (exact) mass is 517 g/mol. The quantitative estimate of drug-likeness (QED) is 0.194. The minimum Gasteiger partial charge on any atom is -0.383 e. The molecular weight excluding hydrogens is 485 g/mol. The third-order valence-corrected chi connectivity index (χ3v) is 5.19. The highest BCUT2D eigenvalue weighted by Gasteiger charge is 2.04. The van der Waals surface area contributed by atoms with Gasteiger partial charge in [0.25, 0.3) is 0 Å². The molecule has 0 bridgehead atoms. The highest BCUT2D eigenvalue weighted by atomic mass is 127. The first kappa shape index (κ1) is 24.6. The van der Waals surface area contributed by atoms with Crippen molar-refractivity contribution in [1.82, 2.24) is 15.6 Å². The summed E-state index contributed by atoms with van der Waals surface area (Å²) in [6, 6.07) is 8.36. The number of guanidine groups is 1. The molecule has 6 nitrogen and oxygen atoms in total. The zero-order valence-corrected chi connectivity index (χ0v) is 20.3. The van der Waals surface area contributed by atoms with Gasteiger partial charge in [0.05, 0.1) is 23.9 Å². The van der Waals surface area contributed by atoms with E-state index in [1.165, 1.54) is 15.4 Å². The van der Waals surface area contributed by atoms with Crippen molar-refractivity contribution in [3.05, 3.63) is 45.4 Å². The number of benzene rings is 1. The third kappa shape index (κ3) is 8.74. The number of hydrogen-bond acceptors (Lipinski definition) is 5. The number of aromatic nitrogens is 1. The molecule has 0 radical (unpaired) electrons. The molecule has 8 heteroatoms. The Bertz CT molecular complexity index is 698. The summed E-state index contributed by atoms with van der Waals surface area (Å²) in [4.78, 5) is 10.6. The zero-order valence-electron chi connectivity index (χ0n) is 17.2. The highest BCUT2D eigenvalue weighted by Crippen LogP contribution is 2.16.